The summed E-state index contributed by atoms with van der Waals surface area (Å²) in [7, 11) is 3.85. The van der Waals surface area contributed by atoms with Crippen molar-refractivity contribution in [3.8, 4) is 0 Å². The van der Waals surface area contributed by atoms with E-state index in [0.717, 1.165) is 0 Å². The fraction of sp³-hybridized carbons (Fsp3) is 0.939. The number of amides is 2. The molecule has 14 atom stereocenters. The van der Waals surface area contributed by atoms with Crippen LogP contribution in [0.15, 0.2) is 0 Å². The molecule has 45 heavy (non-hydrogen) atoms. The third-order valence-electron chi connectivity index (χ3n) is 10.2. The van der Waals surface area contributed by atoms with Crippen molar-refractivity contribution >= 4 is 12.0 Å². The number of likely N-dealkylation sites (N-methyl/N-ethyl adjacent to an activating group) is 1. The maximum absolute atomic E-state index is 13.7. The van der Waals surface area contributed by atoms with Crippen LogP contribution < -0.4 is 5.32 Å². The van der Waals surface area contributed by atoms with E-state index in [4.69, 9.17) is 18.9 Å². The minimum absolute atomic E-state index is 0.139. The van der Waals surface area contributed by atoms with Crippen molar-refractivity contribution in [2.75, 3.05) is 20.6 Å². The first-order valence-electron chi connectivity index (χ1n) is 16.8. The number of aliphatic hydroxyl groups excluding tert-OH is 2. The summed E-state index contributed by atoms with van der Waals surface area (Å²) in [4.78, 5) is 30.7. The highest BCUT2D eigenvalue weighted by molar-refractivity contribution is 5.75. The first kappa shape index (κ1) is 37.9. The molecule has 12 nitrogen and oxygen atoms in total. The normalized spacial score (nSPS) is 45.4. The third kappa shape index (κ3) is 8.13. The molecule has 0 radical (unpaired) electrons. The van der Waals surface area contributed by atoms with E-state index in [1.807, 2.05) is 60.5 Å². The smallest absolute Gasteiger partial charge is 0.317 e. The number of rotatable bonds is 5. The Balaban J connectivity index is 2.05. The molecule has 3 aliphatic heterocycles. The Morgan fingerprint density at radius 1 is 1.16 bits per heavy atom. The highest BCUT2D eigenvalue weighted by Crippen LogP contribution is 2.46. The number of nitrogens with one attached hydrogen (secondary N) is 1. The molecule has 2 amide bonds. The molecule has 0 aliphatic carbocycles. The molecule has 0 aromatic heterocycles. The number of esters is 1. The summed E-state index contributed by atoms with van der Waals surface area (Å²) >= 11 is 0. The molecule has 12 heteroatoms. The molecule has 3 heterocycles. The van der Waals surface area contributed by atoms with Gasteiger partial charge in [0, 0.05) is 24.5 Å². The average Bonchev–Trinajstić information content (AvgIpc) is 3.18. The van der Waals surface area contributed by atoms with Crippen LogP contribution in [0.25, 0.3) is 0 Å². The monoisotopic (exact) mass is 643 g/mol. The van der Waals surface area contributed by atoms with Crippen LogP contribution in [0.1, 0.15) is 88.5 Å². The number of nitrogens with zero attached hydrogens (tertiary/aromatic N) is 2. The first-order valence-corrected chi connectivity index (χ1v) is 16.8. The van der Waals surface area contributed by atoms with Crippen molar-refractivity contribution in [3.63, 3.8) is 0 Å². The minimum atomic E-state index is -1.84. The van der Waals surface area contributed by atoms with E-state index in [-0.39, 0.29) is 49.0 Å². The summed E-state index contributed by atoms with van der Waals surface area (Å²) < 4.78 is 25.5. The fourth-order valence-corrected chi connectivity index (χ4v) is 7.71. The van der Waals surface area contributed by atoms with Crippen LogP contribution in [0.3, 0.4) is 0 Å². The number of carbonyl (C=O) groups excluding carboxylic acids is 2. The highest BCUT2D eigenvalue weighted by Gasteiger charge is 2.57. The Bertz CT molecular complexity index is 1010. The predicted molar refractivity (Wildman–Crippen MR) is 169 cm³/mol. The van der Waals surface area contributed by atoms with Gasteiger partial charge in [-0.15, -0.1) is 0 Å². The van der Waals surface area contributed by atoms with E-state index in [1.165, 1.54) is 6.92 Å². The van der Waals surface area contributed by atoms with E-state index < -0.39 is 65.9 Å². The molecule has 3 fully saturated rings. The summed E-state index contributed by atoms with van der Waals surface area (Å²) in [5, 5.41) is 37.3. The van der Waals surface area contributed by atoms with Gasteiger partial charge in [0.25, 0.3) is 0 Å². The topological polar surface area (TPSA) is 150 Å². The summed E-state index contributed by atoms with van der Waals surface area (Å²) in [5.74, 6) is -1.73. The standard InChI is InChI=1S/C33H61N3O9/c1-13-24-33(10,41)27(38)22(8)36(31(40)34-17(2)3)16-18(4)15-32(9)28(20(6)26(45-32)21(7)29(39)43-24)44-30-25(37)23(35(11)12)14-19(5)42-30/h17-28,30,37-38,41H,13-16H2,1-12H3,(H,34,40)/t18-,19-,20+,21-,22-,23+,24-,25-,26?,27-,28-,30+,32?,33-/m1/s1. The van der Waals surface area contributed by atoms with Gasteiger partial charge in [-0.2, -0.15) is 0 Å². The lowest BCUT2D eigenvalue weighted by atomic mass is 9.82. The Labute approximate surface area is 270 Å². The molecule has 3 aliphatic rings. The molecule has 0 saturated carbocycles. The largest absolute Gasteiger partial charge is 0.459 e. The van der Waals surface area contributed by atoms with Crippen molar-refractivity contribution in [1.82, 2.24) is 15.1 Å². The van der Waals surface area contributed by atoms with Crippen LogP contribution in [0.5, 0.6) is 0 Å². The maximum atomic E-state index is 13.7. The molecule has 3 saturated heterocycles. The lowest BCUT2D eigenvalue weighted by Gasteiger charge is -2.45. The predicted octanol–water partition coefficient (Wildman–Crippen LogP) is 2.51. The van der Waals surface area contributed by atoms with Crippen LogP contribution in [0.2, 0.25) is 0 Å². The van der Waals surface area contributed by atoms with Crippen molar-refractivity contribution in [2.45, 2.75) is 161 Å². The number of cyclic esters (lactones) is 1. The van der Waals surface area contributed by atoms with Gasteiger partial charge < -0.3 is 49.4 Å². The molecular weight excluding hydrogens is 582 g/mol. The van der Waals surface area contributed by atoms with Gasteiger partial charge in [0.2, 0.25) is 0 Å². The molecule has 2 unspecified atom stereocenters. The molecule has 0 aromatic carbocycles. The van der Waals surface area contributed by atoms with E-state index in [2.05, 4.69) is 5.32 Å². The Morgan fingerprint density at radius 2 is 1.78 bits per heavy atom. The lowest BCUT2D eigenvalue weighted by Crippen LogP contribution is -2.62. The Morgan fingerprint density at radius 3 is 2.33 bits per heavy atom. The molecule has 0 spiro atoms. The van der Waals surface area contributed by atoms with E-state index in [9.17, 15) is 24.9 Å². The number of hydrogen-bond donors (Lipinski definition) is 4. The van der Waals surface area contributed by atoms with Crippen LogP contribution >= 0.6 is 0 Å². The first-order chi connectivity index (χ1) is 20.7. The van der Waals surface area contributed by atoms with E-state index >= 15 is 0 Å². The van der Waals surface area contributed by atoms with Gasteiger partial charge in [-0.3, -0.25) is 4.79 Å². The van der Waals surface area contributed by atoms with Crippen LogP contribution in [0, 0.1) is 17.8 Å². The summed E-state index contributed by atoms with van der Waals surface area (Å²) in [6.45, 7) is 18.5. The average molecular weight is 644 g/mol. The van der Waals surface area contributed by atoms with Gasteiger partial charge in [0.05, 0.1) is 35.9 Å². The van der Waals surface area contributed by atoms with Crippen molar-refractivity contribution in [2.24, 2.45) is 17.8 Å². The number of fused-ring (bicyclic) bond motifs is 2. The summed E-state index contributed by atoms with van der Waals surface area (Å²) in [5.41, 5.74) is -2.76. The zero-order valence-electron chi connectivity index (χ0n) is 29.5. The van der Waals surface area contributed by atoms with Gasteiger partial charge in [-0.1, -0.05) is 20.8 Å². The quantitative estimate of drug-likeness (QED) is 0.329. The molecular formula is C33H61N3O9. The number of hydrogen-bond acceptors (Lipinski definition) is 10. The summed E-state index contributed by atoms with van der Waals surface area (Å²) in [6, 6.07) is -1.50. The van der Waals surface area contributed by atoms with Crippen LogP contribution in [0.4, 0.5) is 4.79 Å². The van der Waals surface area contributed by atoms with Gasteiger partial charge in [-0.05, 0) is 87.7 Å². The zero-order valence-corrected chi connectivity index (χ0v) is 29.5. The molecule has 0 aromatic rings. The van der Waals surface area contributed by atoms with E-state index in [1.54, 1.807) is 25.7 Å². The minimum Gasteiger partial charge on any atom is -0.459 e. The molecule has 262 valence electrons. The summed E-state index contributed by atoms with van der Waals surface area (Å²) in [6.07, 6.45) is -4.20. The van der Waals surface area contributed by atoms with Crippen LogP contribution in [-0.2, 0) is 23.7 Å². The second-order valence-corrected chi connectivity index (χ2v) is 15.0. The number of urea groups is 1. The number of ether oxygens (including phenoxy) is 4. The fourth-order valence-electron chi connectivity index (χ4n) is 7.71. The second kappa shape index (κ2) is 14.7. The third-order valence-corrected chi connectivity index (χ3v) is 10.2. The van der Waals surface area contributed by atoms with Crippen molar-refractivity contribution in [1.29, 1.82) is 0 Å². The van der Waals surface area contributed by atoms with Gasteiger partial charge in [0.15, 0.2) is 6.29 Å². The van der Waals surface area contributed by atoms with E-state index in [0.29, 0.717) is 12.8 Å². The van der Waals surface area contributed by atoms with Gasteiger partial charge >= 0.3 is 12.0 Å². The molecule has 3 rings (SSSR count). The number of carbonyl (C=O) groups is 2. The highest BCUT2D eigenvalue weighted by atomic mass is 16.7. The van der Waals surface area contributed by atoms with Gasteiger partial charge in [0.1, 0.15) is 23.9 Å². The lowest BCUT2D eigenvalue weighted by molar-refractivity contribution is -0.283. The Kier molecular flexibility index (Phi) is 12.4. The van der Waals surface area contributed by atoms with Crippen LogP contribution in [-0.4, -0.2) is 130 Å². The van der Waals surface area contributed by atoms with Crippen molar-refractivity contribution < 1.29 is 43.9 Å². The van der Waals surface area contributed by atoms with Crippen molar-refractivity contribution in [3.05, 3.63) is 0 Å². The maximum Gasteiger partial charge on any atom is 0.317 e. The second-order valence-electron chi connectivity index (χ2n) is 15.0. The zero-order chi connectivity index (χ0) is 34.2. The molecule has 4 N–H and O–H groups in total. The van der Waals surface area contributed by atoms with Gasteiger partial charge in [-0.25, -0.2) is 4.79 Å². The molecule has 2 bridgehead atoms. The SMILES string of the molecule is CC[C@H]1OC(=O)[C@H](C)C2OC(C)(C[C@@H](C)CN(C(=O)NC(C)C)[C@H](C)[C@@H](O)[C@]1(C)O)[C@H](O[C@@H]1O[C@H](C)C[C@H](N(C)C)[C@H]1O)[C@H]2C. The Hall–Kier alpha value is -1.54. The number of aliphatic hydroxyl groups is 3.